The second-order valence-corrected chi connectivity index (χ2v) is 12.1. The van der Waals surface area contributed by atoms with Gasteiger partial charge in [0.05, 0.1) is 21.3 Å². The molecule has 0 atom stereocenters. The number of fused-ring (bicyclic) bond motifs is 13. The Kier molecular flexibility index (Phi) is 4.65. The Balaban J connectivity index is 1.45. The largest absolute Gasteiger partial charge is 0.423 e. The molecule has 6 nitrogen and oxygen atoms in total. The highest BCUT2D eigenvalue weighted by molar-refractivity contribution is 7.27. The van der Waals surface area contributed by atoms with E-state index in [4.69, 9.17) is 4.42 Å². The van der Waals surface area contributed by atoms with Gasteiger partial charge >= 0.3 is 11.5 Å². The molecule has 0 radical (unpaired) electrons. The lowest BCUT2D eigenvalue weighted by molar-refractivity contribution is 0.626. The second kappa shape index (κ2) is 8.63. The molecule has 7 heteroatoms. The van der Waals surface area contributed by atoms with Gasteiger partial charge in [-0.15, -0.1) is 16.3 Å². The lowest BCUT2D eigenvalue weighted by atomic mass is 9.99. The van der Waals surface area contributed by atoms with E-state index in [1.165, 1.54) is 20.9 Å². The average molecular weight is 585 g/mol. The molecule has 10 aromatic rings. The first-order chi connectivity index (χ1) is 21.7. The molecule has 0 unspecified atom stereocenters. The van der Waals surface area contributed by atoms with Crippen LogP contribution in [0.3, 0.4) is 0 Å². The van der Waals surface area contributed by atoms with Gasteiger partial charge in [-0.05, 0) is 46.2 Å². The van der Waals surface area contributed by atoms with Gasteiger partial charge in [-0.3, -0.25) is 4.57 Å². The molecule has 4 heterocycles. The summed E-state index contributed by atoms with van der Waals surface area (Å²) in [6.45, 7) is 0. The van der Waals surface area contributed by atoms with Gasteiger partial charge in [0.2, 0.25) is 5.95 Å². The van der Waals surface area contributed by atoms with E-state index in [-0.39, 0.29) is 5.84 Å². The molecule has 0 saturated carbocycles. The topological polar surface area (TPSA) is 65.3 Å². The number of para-hydroxylation sites is 1. The first-order valence-corrected chi connectivity index (χ1v) is 15.2. The van der Waals surface area contributed by atoms with Crippen LogP contribution in [0.5, 0.6) is 0 Å². The molecule has 0 aliphatic rings. The monoisotopic (exact) mass is 584 g/mol. The number of benzene rings is 6. The van der Waals surface area contributed by atoms with Crippen molar-refractivity contribution < 1.29 is 4.42 Å². The Morgan fingerprint density at radius 3 is 2.16 bits per heavy atom. The third-order valence-electron chi connectivity index (χ3n) is 8.64. The SMILES string of the molecule is O=c1nc(-n2c3ccccc3c3c4ccccc4c4c5ccccc5sc4c32)n2c(n1)oc1ccc(-c3ccccc3)cc12. The highest BCUT2D eigenvalue weighted by Gasteiger charge is 2.25. The van der Waals surface area contributed by atoms with E-state index >= 15 is 0 Å². The zero-order valence-corrected chi connectivity index (χ0v) is 23.9. The van der Waals surface area contributed by atoms with Crippen LogP contribution in [0.1, 0.15) is 0 Å². The molecule has 206 valence electrons. The van der Waals surface area contributed by atoms with Crippen molar-refractivity contribution in [3.63, 3.8) is 0 Å². The minimum absolute atomic E-state index is 0.208. The summed E-state index contributed by atoms with van der Waals surface area (Å²) in [5.74, 6) is 0.656. The first kappa shape index (κ1) is 23.7. The molecule has 44 heavy (non-hydrogen) atoms. The Hall–Kier alpha value is -5.79. The minimum Gasteiger partial charge on any atom is -0.423 e. The molecule has 0 aliphatic carbocycles. The summed E-state index contributed by atoms with van der Waals surface area (Å²) in [7, 11) is 0. The van der Waals surface area contributed by atoms with Crippen LogP contribution in [0, 0.1) is 0 Å². The van der Waals surface area contributed by atoms with Crippen molar-refractivity contribution in [2.75, 3.05) is 0 Å². The van der Waals surface area contributed by atoms with E-state index in [0.717, 1.165) is 48.5 Å². The van der Waals surface area contributed by atoms with Crippen LogP contribution in [-0.2, 0) is 0 Å². The number of rotatable bonds is 2. The summed E-state index contributed by atoms with van der Waals surface area (Å²) in [6, 6.07) is 41.8. The molecule has 0 bridgehead atoms. The number of hydrogen-bond acceptors (Lipinski definition) is 5. The Morgan fingerprint density at radius 1 is 0.614 bits per heavy atom. The van der Waals surface area contributed by atoms with Crippen LogP contribution in [0.25, 0.3) is 86.8 Å². The standard InChI is InChI=1S/C37H20N4O2S/c42-35-38-36(41-28-20-22(21-10-2-1-3-11-21)18-19-29(28)43-37(41)39-35)40-27-16-8-6-14-25(27)31-23-12-4-5-13-24(23)32-26-15-7-9-17-30(26)44-34(32)33(31)40/h1-20H. The fraction of sp³-hybridized carbons (Fsp3) is 0. The third-order valence-corrected chi connectivity index (χ3v) is 9.81. The average Bonchev–Trinajstić information content (AvgIpc) is 3.74. The van der Waals surface area contributed by atoms with Crippen molar-refractivity contribution in [2.24, 2.45) is 0 Å². The van der Waals surface area contributed by atoms with Gasteiger partial charge in [-0.25, -0.2) is 9.20 Å². The quantitative estimate of drug-likeness (QED) is 0.203. The fourth-order valence-corrected chi connectivity index (χ4v) is 8.09. The van der Waals surface area contributed by atoms with E-state index < -0.39 is 5.69 Å². The number of aromatic nitrogens is 4. The summed E-state index contributed by atoms with van der Waals surface area (Å²) >= 11 is 1.77. The van der Waals surface area contributed by atoms with E-state index in [0.29, 0.717) is 11.5 Å². The van der Waals surface area contributed by atoms with Gasteiger partial charge in [0.15, 0.2) is 5.58 Å². The number of thiophene rings is 1. The Labute approximate surface area is 252 Å². The predicted molar refractivity (Wildman–Crippen MR) is 179 cm³/mol. The van der Waals surface area contributed by atoms with E-state index in [2.05, 4.69) is 99.5 Å². The molecule has 4 aromatic heterocycles. The fourth-order valence-electron chi connectivity index (χ4n) is 6.83. The summed E-state index contributed by atoms with van der Waals surface area (Å²) in [5.41, 5.74) is 4.91. The molecule has 0 amide bonds. The van der Waals surface area contributed by atoms with Crippen LogP contribution in [-0.4, -0.2) is 18.9 Å². The highest BCUT2D eigenvalue weighted by Crippen LogP contribution is 2.47. The normalized spacial score (nSPS) is 12.2. The second-order valence-electron chi connectivity index (χ2n) is 11.0. The van der Waals surface area contributed by atoms with E-state index in [1.807, 2.05) is 40.8 Å². The summed E-state index contributed by atoms with van der Waals surface area (Å²) < 4.78 is 12.6. The van der Waals surface area contributed by atoms with E-state index in [1.54, 1.807) is 11.3 Å². The molecule has 6 aromatic carbocycles. The van der Waals surface area contributed by atoms with Gasteiger partial charge in [-0.2, -0.15) is 4.98 Å². The number of nitrogens with zero attached hydrogens (tertiary/aromatic N) is 4. The first-order valence-electron chi connectivity index (χ1n) is 14.4. The van der Waals surface area contributed by atoms with Crippen LogP contribution in [0.15, 0.2) is 131 Å². The molecular formula is C37H20N4O2S. The molecule has 0 N–H and O–H groups in total. The Bertz CT molecular complexity index is 2860. The predicted octanol–water partition coefficient (Wildman–Crippen LogP) is 9.12. The van der Waals surface area contributed by atoms with Crippen molar-refractivity contribution >= 4 is 81.0 Å². The third kappa shape index (κ3) is 3.11. The zero-order chi connectivity index (χ0) is 28.9. The molecule has 10 rings (SSSR count). The van der Waals surface area contributed by atoms with Crippen molar-refractivity contribution in [3.8, 4) is 17.1 Å². The van der Waals surface area contributed by atoms with Gasteiger partial charge in [0.1, 0.15) is 0 Å². The minimum atomic E-state index is -0.596. The van der Waals surface area contributed by atoms with Crippen LogP contribution < -0.4 is 5.69 Å². The molecule has 0 spiro atoms. The summed E-state index contributed by atoms with van der Waals surface area (Å²) in [5, 5.41) is 7.02. The van der Waals surface area contributed by atoms with Crippen LogP contribution in [0.2, 0.25) is 0 Å². The molecule has 0 aliphatic heterocycles. The van der Waals surface area contributed by atoms with Crippen molar-refractivity contribution in [1.29, 1.82) is 0 Å². The lowest BCUT2D eigenvalue weighted by Gasteiger charge is -2.10. The Morgan fingerprint density at radius 2 is 1.32 bits per heavy atom. The van der Waals surface area contributed by atoms with E-state index in [9.17, 15) is 4.79 Å². The lowest BCUT2D eigenvalue weighted by Crippen LogP contribution is -2.18. The summed E-state index contributed by atoms with van der Waals surface area (Å²) in [4.78, 5) is 22.0. The van der Waals surface area contributed by atoms with Crippen LogP contribution in [0.4, 0.5) is 0 Å². The molecular weight excluding hydrogens is 565 g/mol. The van der Waals surface area contributed by atoms with Gasteiger partial charge in [0, 0.05) is 26.2 Å². The van der Waals surface area contributed by atoms with Gasteiger partial charge in [0.25, 0.3) is 0 Å². The smallest absolute Gasteiger partial charge is 0.374 e. The molecule has 0 fully saturated rings. The maximum atomic E-state index is 13.1. The van der Waals surface area contributed by atoms with Crippen LogP contribution >= 0.6 is 11.3 Å². The zero-order valence-electron chi connectivity index (χ0n) is 23.1. The highest BCUT2D eigenvalue weighted by atomic mass is 32.1. The summed E-state index contributed by atoms with van der Waals surface area (Å²) in [6.07, 6.45) is 0. The van der Waals surface area contributed by atoms with Crippen molar-refractivity contribution in [3.05, 3.63) is 132 Å². The van der Waals surface area contributed by atoms with Gasteiger partial charge < -0.3 is 4.42 Å². The maximum Gasteiger partial charge on any atom is 0.374 e. The molecule has 0 saturated heterocycles. The van der Waals surface area contributed by atoms with Gasteiger partial charge in [-0.1, -0.05) is 97.1 Å². The number of hydrogen-bond donors (Lipinski definition) is 0. The van der Waals surface area contributed by atoms with Crippen molar-refractivity contribution in [1.82, 2.24) is 18.9 Å². The maximum absolute atomic E-state index is 13.1. The van der Waals surface area contributed by atoms with Crippen molar-refractivity contribution in [2.45, 2.75) is 0 Å². The number of oxazole rings is 1.